The zero-order chi connectivity index (χ0) is 14.8. The number of hydrogen-bond donors (Lipinski definition) is 1. The molecule has 1 aliphatic heterocycles. The van der Waals surface area contributed by atoms with Crippen LogP contribution in [0.2, 0.25) is 0 Å². The Balaban J connectivity index is 1.83. The molecule has 0 saturated carbocycles. The molecule has 0 unspecified atom stereocenters. The normalized spacial score (nSPS) is 15.3. The van der Waals surface area contributed by atoms with Crippen LogP contribution in [-0.4, -0.2) is 34.8 Å². The Hall–Kier alpha value is -1.88. The van der Waals surface area contributed by atoms with Gasteiger partial charge in [-0.15, -0.1) is 0 Å². The molecule has 2 aromatic rings. The summed E-state index contributed by atoms with van der Waals surface area (Å²) in [4.78, 5) is 14.3. The minimum Gasteiger partial charge on any atom is -0.411 e. The van der Waals surface area contributed by atoms with Crippen molar-refractivity contribution in [3.05, 3.63) is 46.4 Å². The van der Waals surface area contributed by atoms with Crippen molar-refractivity contribution in [2.45, 2.75) is 12.8 Å². The van der Waals surface area contributed by atoms with Crippen LogP contribution < -0.4 is 0 Å². The van der Waals surface area contributed by atoms with Crippen molar-refractivity contribution in [3.8, 4) is 0 Å². The maximum Gasteiger partial charge on any atom is 0.253 e. The molecule has 0 bridgehead atoms. The molecule has 1 fully saturated rings. The number of carbonyl (C=O) groups excluding carboxylic acids is 1. The van der Waals surface area contributed by atoms with Crippen LogP contribution in [0.1, 0.15) is 23.2 Å². The van der Waals surface area contributed by atoms with Crippen molar-refractivity contribution in [1.29, 1.82) is 0 Å². The molecule has 0 aromatic heterocycles. The van der Waals surface area contributed by atoms with Gasteiger partial charge in [0.25, 0.3) is 5.91 Å². The van der Waals surface area contributed by atoms with Crippen molar-refractivity contribution < 1.29 is 10.0 Å². The third kappa shape index (κ3) is 2.93. The third-order valence-corrected chi connectivity index (χ3v) is 4.31. The van der Waals surface area contributed by atoms with E-state index in [1.807, 2.05) is 41.3 Å². The van der Waals surface area contributed by atoms with Gasteiger partial charge in [0.15, 0.2) is 0 Å². The SMILES string of the molecule is O=C(c1ccc2cc(Br)ccc2c1)N1CCC(=NO)CC1. The summed E-state index contributed by atoms with van der Waals surface area (Å²) >= 11 is 3.45. The number of likely N-dealkylation sites (tertiary alicyclic amines) is 1. The largest absolute Gasteiger partial charge is 0.411 e. The Bertz CT molecular complexity index is 717. The summed E-state index contributed by atoms with van der Waals surface area (Å²) in [6.07, 6.45) is 1.28. The number of fused-ring (bicyclic) bond motifs is 1. The third-order valence-electron chi connectivity index (χ3n) is 3.82. The molecule has 0 spiro atoms. The molecule has 2 aromatic carbocycles. The maximum atomic E-state index is 12.5. The average molecular weight is 347 g/mol. The number of benzene rings is 2. The van der Waals surface area contributed by atoms with Crippen LogP contribution >= 0.6 is 15.9 Å². The number of hydrogen-bond acceptors (Lipinski definition) is 3. The molecule has 108 valence electrons. The van der Waals surface area contributed by atoms with Gasteiger partial charge in [-0.25, -0.2) is 0 Å². The topological polar surface area (TPSA) is 52.9 Å². The lowest BCUT2D eigenvalue weighted by molar-refractivity contribution is 0.0754. The minimum atomic E-state index is 0.0387. The fourth-order valence-corrected chi connectivity index (χ4v) is 2.98. The second kappa shape index (κ2) is 5.85. The molecule has 0 atom stereocenters. The smallest absolute Gasteiger partial charge is 0.253 e. The summed E-state index contributed by atoms with van der Waals surface area (Å²) in [6.45, 7) is 1.22. The van der Waals surface area contributed by atoms with E-state index < -0.39 is 0 Å². The summed E-state index contributed by atoms with van der Waals surface area (Å²) < 4.78 is 1.03. The lowest BCUT2D eigenvalue weighted by atomic mass is 10.0. The monoisotopic (exact) mass is 346 g/mol. The van der Waals surface area contributed by atoms with Crippen molar-refractivity contribution in [2.24, 2.45) is 5.16 Å². The standard InChI is InChI=1S/C16H15BrN2O2/c17-14-4-3-11-9-13(2-1-12(11)10-14)16(20)19-7-5-15(18-21)6-8-19/h1-4,9-10,21H,5-8H2. The van der Waals surface area contributed by atoms with Crippen LogP contribution in [-0.2, 0) is 0 Å². The van der Waals surface area contributed by atoms with E-state index >= 15 is 0 Å². The van der Waals surface area contributed by atoms with Crippen molar-refractivity contribution in [3.63, 3.8) is 0 Å². The fraction of sp³-hybridized carbons (Fsp3) is 0.250. The molecule has 0 aliphatic carbocycles. The van der Waals surface area contributed by atoms with Gasteiger partial charge in [0.1, 0.15) is 0 Å². The quantitative estimate of drug-likeness (QED) is 0.632. The highest BCUT2D eigenvalue weighted by molar-refractivity contribution is 9.10. The van der Waals surface area contributed by atoms with Gasteiger partial charge in [0.2, 0.25) is 0 Å². The van der Waals surface area contributed by atoms with Gasteiger partial charge < -0.3 is 10.1 Å². The molecule has 4 nitrogen and oxygen atoms in total. The molecular weight excluding hydrogens is 332 g/mol. The van der Waals surface area contributed by atoms with Crippen molar-refractivity contribution >= 4 is 38.3 Å². The van der Waals surface area contributed by atoms with E-state index in [1.54, 1.807) is 0 Å². The molecule has 1 amide bonds. The summed E-state index contributed by atoms with van der Waals surface area (Å²) in [5, 5.41) is 14.2. The molecule has 1 heterocycles. The van der Waals surface area contributed by atoms with Crippen LogP contribution in [0, 0.1) is 0 Å². The van der Waals surface area contributed by atoms with Crippen molar-refractivity contribution in [2.75, 3.05) is 13.1 Å². The minimum absolute atomic E-state index is 0.0387. The van der Waals surface area contributed by atoms with E-state index in [0.717, 1.165) is 21.0 Å². The van der Waals surface area contributed by atoms with Gasteiger partial charge in [-0.3, -0.25) is 4.79 Å². The van der Waals surface area contributed by atoms with E-state index in [9.17, 15) is 4.79 Å². The summed E-state index contributed by atoms with van der Waals surface area (Å²) in [7, 11) is 0. The number of piperidine rings is 1. The number of nitrogens with zero attached hydrogens (tertiary/aromatic N) is 2. The number of halogens is 1. The van der Waals surface area contributed by atoms with Crippen LogP contribution in [0.5, 0.6) is 0 Å². The first-order chi connectivity index (χ1) is 10.2. The maximum absolute atomic E-state index is 12.5. The van der Waals surface area contributed by atoms with E-state index in [4.69, 9.17) is 5.21 Å². The Labute approximate surface area is 131 Å². The second-order valence-electron chi connectivity index (χ2n) is 5.16. The lowest BCUT2D eigenvalue weighted by Gasteiger charge is -2.27. The lowest BCUT2D eigenvalue weighted by Crippen LogP contribution is -2.38. The summed E-state index contributed by atoms with van der Waals surface area (Å²) in [5.41, 5.74) is 1.47. The van der Waals surface area contributed by atoms with Crippen LogP contribution in [0.4, 0.5) is 0 Å². The molecule has 1 aliphatic rings. The molecule has 1 saturated heterocycles. The highest BCUT2D eigenvalue weighted by atomic mass is 79.9. The van der Waals surface area contributed by atoms with Gasteiger partial charge in [0.05, 0.1) is 5.71 Å². The van der Waals surface area contributed by atoms with Gasteiger partial charge in [-0.2, -0.15) is 0 Å². The molecule has 5 heteroatoms. The molecule has 3 rings (SSSR count). The first-order valence-corrected chi connectivity index (χ1v) is 7.65. The van der Waals surface area contributed by atoms with Crippen LogP contribution in [0.15, 0.2) is 46.0 Å². The van der Waals surface area contributed by atoms with Gasteiger partial charge in [-0.1, -0.05) is 33.2 Å². The van der Waals surface area contributed by atoms with Crippen LogP contribution in [0.3, 0.4) is 0 Å². The Morgan fingerprint density at radius 2 is 1.76 bits per heavy atom. The summed E-state index contributed by atoms with van der Waals surface area (Å²) in [5.74, 6) is 0.0387. The Morgan fingerprint density at radius 3 is 2.48 bits per heavy atom. The molecular formula is C16H15BrN2O2. The first kappa shape index (κ1) is 14.1. The van der Waals surface area contributed by atoms with E-state index in [1.165, 1.54) is 0 Å². The number of carbonyl (C=O) groups is 1. The summed E-state index contributed by atoms with van der Waals surface area (Å²) in [6, 6.07) is 11.8. The predicted octanol–water partition coefficient (Wildman–Crippen LogP) is 3.67. The van der Waals surface area contributed by atoms with E-state index in [0.29, 0.717) is 31.5 Å². The molecule has 21 heavy (non-hydrogen) atoms. The predicted molar refractivity (Wildman–Crippen MR) is 86.0 cm³/mol. The Morgan fingerprint density at radius 1 is 1.10 bits per heavy atom. The number of rotatable bonds is 1. The van der Waals surface area contributed by atoms with Crippen LogP contribution in [0.25, 0.3) is 10.8 Å². The average Bonchev–Trinajstić information content (AvgIpc) is 2.53. The van der Waals surface area contributed by atoms with E-state index in [2.05, 4.69) is 21.1 Å². The Kier molecular flexibility index (Phi) is 3.92. The number of oxime groups is 1. The first-order valence-electron chi connectivity index (χ1n) is 6.86. The van der Waals surface area contributed by atoms with Gasteiger partial charge in [-0.05, 0) is 35.0 Å². The zero-order valence-corrected chi connectivity index (χ0v) is 13.0. The zero-order valence-electron chi connectivity index (χ0n) is 11.4. The highest BCUT2D eigenvalue weighted by Gasteiger charge is 2.21. The number of amides is 1. The van der Waals surface area contributed by atoms with Gasteiger partial charge in [0, 0.05) is 36.0 Å². The highest BCUT2D eigenvalue weighted by Crippen LogP contribution is 2.22. The fourth-order valence-electron chi connectivity index (χ4n) is 2.60. The molecule has 1 N–H and O–H groups in total. The molecule has 0 radical (unpaired) electrons. The van der Waals surface area contributed by atoms with Crippen molar-refractivity contribution in [1.82, 2.24) is 4.90 Å². The second-order valence-corrected chi connectivity index (χ2v) is 6.08. The van der Waals surface area contributed by atoms with E-state index in [-0.39, 0.29) is 5.91 Å². The van der Waals surface area contributed by atoms with Gasteiger partial charge >= 0.3 is 0 Å².